The third-order valence-corrected chi connectivity index (χ3v) is 6.45. The van der Waals surface area contributed by atoms with Gasteiger partial charge in [0.1, 0.15) is 0 Å². The number of carbonyl (C=O) groups is 1. The van der Waals surface area contributed by atoms with Gasteiger partial charge in [-0.05, 0) is 26.2 Å². The molecule has 0 heterocycles. The van der Waals surface area contributed by atoms with Crippen LogP contribution >= 0.6 is 0 Å². The molecule has 9 heteroatoms. The van der Waals surface area contributed by atoms with E-state index in [4.69, 9.17) is 5.73 Å². The zero-order valence-electron chi connectivity index (χ0n) is 23.2. The van der Waals surface area contributed by atoms with E-state index >= 15 is 0 Å². The molecule has 0 atom stereocenters. The Hall–Kier alpha value is -0.740. The van der Waals surface area contributed by atoms with Gasteiger partial charge in [-0.1, -0.05) is 90.9 Å². The summed E-state index contributed by atoms with van der Waals surface area (Å²) < 4.78 is 29.2. The maximum atomic E-state index is 11.6. The number of rotatable bonds is 24. The van der Waals surface area contributed by atoms with Crippen molar-refractivity contribution in [1.29, 1.82) is 0 Å². The van der Waals surface area contributed by atoms with Crippen LogP contribution in [-0.4, -0.2) is 53.7 Å². The normalized spacial score (nSPS) is 11.4. The number of nitrogens with one attached hydrogen (secondary N) is 2. The maximum Gasteiger partial charge on any atom is 0.399 e. The van der Waals surface area contributed by atoms with Crippen LogP contribution in [0.25, 0.3) is 0 Å². The monoisotopic (exact) mass is 523 g/mol. The molecule has 4 N–H and O–H groups in total. The molecule has 0 aromatic heterocycles. The first-order valence-corrected chi connectivity index (χ1v) is 15.3. The minimum absolute atomic E-state index is 0.113. The topological polar surface area (TPSA) is 120 Å². The fraction of sp³-hybridized carbons (Fsp3) is 0.962. The van der Waals surface area contributed by atoms with Gasteiger partial charge in [0.15, 0.2) is 0 Å². The van der Waals surface area contributed by atoms with Gasteiger partial charge in [-0.3, -0.25) is 4.79 Å². The average molecular weight is 524 g/mol. The lowest BCUT2D eigenvalue weighted by atomic mass is 10.0. The lowest BCUT2D eigenvalue weighted by molar-refractivity contribution is -0.121. The van der Waals surface area contributed by atoms with E-state index < -0.39 is 10.4 Å². The molecule has 0 saturated carbocycles. The largest absolute Gasteiger partial charge is 0.399 e. The summed E-state index contributed by atoms with van der Waals surface area (Å²) in [6, 6.07) is 0. The van der Waals surface area contributed by atoms with Crippen LogP contribution in [0.2, 0.25) is 0 Å². The van der Waals surface area contributed by atoms with E-state index in [-0.39, 0.29) is 19.1 Å². The van der Waals surface area contributed by atoms with E-state index in [9.17, 15) is 13.2 Å². The Morgan fingerprint density at radius 1 is 0.743 bits per heavy atom. The SMILES string of the molecule is CC(C)CCCCCCCCCCCCCCC(=O)NCCNCCN.CCOS(=O)(=O)OCC. The molecule has 0 bridgehead atoms. The van der Waals surface area contributed by atoms with Crippen LogP contribution in [-0.2, 0) is 23.6 Å². The number of carbonyl (C=O) groups excluding carboxylic acids is 1. The van der Waals surface area contributed by atoms with Crippen LogP contribution in [0, 0.1) is 5.92 Å². The number of hydrogen-bond donors (Lipinski definition) is 3. The van der Waals surface area contributed by atoms with E-state index in [1.807, 2.05) is 0 Å². The molecule has 1 amide bonds. The van der Waals surface area contributed by atoms with Gasteiger partial charge in [-0.15, -0.1) is 0 Å². The fourth-order valence-electron chi connectivity index (χ4n) is 3.53. The van der Waals surface area contributed by atoms with Crippen LogP contribution in [0.4, 0.5) is 0 Å². The van der Waals surface area contributed by atoms with Crippen molar-refractivity contribution in [3.8, 4) is 0 Å². The number of amides is 1. The fourth-order valence-corrected chi connectivity index (χ4v) is 4.18. The lowest BCUT2D eigenvalue weighted by Crippen LogP contribution is -2.33. The van der Waals surface area contributed by atoms with E-state index in [0.717, 1.165) is 25.4 Å². The van der Waals surface area contributed by atoms with Crippen LogP contribution in [0.5, 0.6) is 0 Å². The summed E-state index contributed by atoms with van der Waals surface area (Å²) in [6.07, 6.45) is 18.2. The third kappa shape index (κ3) is 33.3. The molecule has 0 saturated heterocycles. The van der Waals surface area contributed by atoms with Crippen molar-refractivity contribution in [2.45, 2.75) is 118 Å². The van der Waals surface area contributed by atoms with E-state index in [0.29, 0.717) is 19.5 Å². The second kappa shape index (κ2) is 27.8. The summed E-state index contributed by atoms with van der Waals surface area (Å²) in [4.78, 5) is 11.6. The average Bonchev–Trinajstić information content (AvgIpc) is 2.79. The molecule has 0 rings (SSSR count). The minimum Gasteiger partial charge on any atom is -0.355 e. The lowest BCUT2D eigenvalue weighted by Gasteiger charge is -2.06. The highest BCUT2D eigenvalue weighted by molar-refractivity contribution is 7.81. The molecule has 0 unspecified atom stereocenters. The second-order valence-corrected chi connectivity index (χ2v) is 10.6. The zero-order valence-corrected chi connectivity index (χ0v) is 24.1. The first kappa shape index (κ1) is 36.4. The summed E-state index contributed by atoms with van der Waals surface area (Å²) in [7, 11) is -3.68. The number of hydrogen-bond acceptors (Lipinski definition) is 7. The zero-order chi connectivity index (χ0) is 26.6. The number of unbranched alkanes of at least 4 members (excludes halogenated alkanes) is 11. The van der Waals surface area contributed by atoms with E-state index in [1.165, 1.54) is 77.0 Å². The Labute approximate surface area is 217 Å². The van der Waals surface area contributed by atoms with Crippen molar-refractivity contribution in [2.75, 3.05) is 39.4 Å². The van der Waals surface area contributed by atoms with E-state index in [2.05, 4.69) is 32.8 Å². The highest BCUT2D eigenvalue weighted by Crippen LogP contribution is 2.14. The van der Waals surface area contributed by atoms with E-state index in [1.54, 1.807) is 13.8 Å². The Morgan fingerprint density at radius 3 is 1.63 bits per heavy atom. The van der Waals surface area contributed by atoms with Crippen molar-refractivity contribution < 1.29 is 21.6 Å². The van der Waals surface area contributed by atoms with Crippen LogP contribution < -0.4 is 16.4 Å². The smallest absolute Gasteiger partial charge is 0.355 e. The van der Waals surface area contributed by atoms with Crippen LogP contribution in [0.15, 0.2) is 0 Å². The quantitative estimate of drug-likeness (QED) is 0.151. The molecule has 0 radical (unpaired) electrons. The standard InChI is InChI=1S/C22H47N3O.C4H10O4S/c1-21(2)15-13-11-9-7-5-3-4-6-8-10-12-14-16-22(26)25-20-19-24-18-17-23;1-3-7-9(5,6)8-4-2/h21,24H,3-20,23H2,1-2H3,(H,25,26);3-4H2,1-2H3. The molecule has 0 aromatic rings. The van der Waals surface area contributed by atoms with Gasteiger partial charge in [-0.25, -0.2) is 8.37 Å². The van der Waals surface area contributed by atoms with Gasteiger partial charge in [0.25, 0.3) is 0 Å². The van der Waals surface area contributed by atoms with Crippen molar-refractivity contribution in [1.82, 2.24) is 10.6 Å². The number of nitrogens with two attached hydrogens (primary N) is 1. The molecule has 0 aliphatic rings. The van der Waals surface area contributed by atoms with Gasteiger partial charge in [0.05, 0.1) is 13.2 Å². The van der Waals surface area contributed by atoms with Gasteiger partial charge >= 0.3 is 10.4 Å². The minimum atomic E-state index is -3.68. The first-order valence-electron chi connectivity index (χ1n) is 14.0. The van der Waals surface area contributed by atoms with Gasteiger partial charge in [-0.2, -0.15) is 8.42 Å². The summed E-state index contributed by atoms with van der Waals surface area (Å²) in [5.74, 6) is 1.06. The molecule has 0 spiro atoms. The highest BCUT2D eigenvalue weighted by atomic mass is 32.3. The molecule has 0 aliphatic heterocycles. The summed E-state index contributed by atoms with van der Waals surface area (Å²) in [5.41, 5.74) is 5.39. The van der Waals surface area contributed by atoms with Crippen molar-refractivity contribution in [2.24, 2.45) is 11.7 Å². The molecule has 0 aromatic carbocycles. The first-order chi connectivity index (χ1) is 16.8. The van der Waals surface area contributed by atoms with Crippen LogP contribution in [0.1, 0.15) is 118 Å². The molecule has 0 fully saturated rings. The van der Waals surface area contributed by atoms with Gasteiger partial charge in [0.2, 0.25) is 5.91 Å². The van der Waals surface area contributed by atoms with Crippen molar-refractivity contribution >= 4 is 16.3 Å². The van der Waals surface area contributed by atoms with Crippen molar-refractivity contribution in [3.63, 3.8) is 0 Å². The van der Waals surface area contributed by atoms with Gasteiger partial charge < -0.3 is 16.4 Å². The molecule has 35 heavy (non-hydrogen) atoms. The van der Waals surface area contributed by atoms with Crippen molar-refractivity contribution in [3.05, 3.63) is 0 Å². The summed E-state index contributed by atoms with van der Waals surface area (Å²) >= 11 is 0. The molecular formula is C26H57N3O5S. The molecule has 212 valence electrons. The second-order valence-electron chi connectivity index (χ2n) is 9.29. The predicted octanol–water partition coefficient (Wildman–Crippen LogP) is 5.07. The summed E-state index contributed by atoms with van der Waals surface area (Å²) in [5, 5.41) is 6.12. The molecule has 8 nitrogen and oxygen atoms in total. The molecule has 0 aliphatic carbocycles. The molecular weight excluding hydrogens is 466 g/mol. The predicted molar refractivity (Wildman–Crippen MR) is 147 cm³/mol. The Kier molecular flexibility index (Phi) is 29.0. The maximum absolute atomic E-state index is 11.6. The Bertz CT molecular complexity index is 533. The van der Waals surface area contributed by atoms with Gasteiger partial charge in [0, 0.05) is 32.6 Å². The Balaban J connectivity index is 0. The van der Waals surface area contributed by atoms with Crippen LogP contribution in [0.3, 0.4) is 0 Å². The third-order valence-electron chi connectivity index (χ3n) is 5.40. The Morgan fingerprint density at radius 2 is 1.20 bits per heavy atom. The summed E-state index contributed by atoms with van der Waals surface area (Å²) in [6.45, 7) is 11.0. The highest BCUT2D eigenvalue weighted by Gasteiger charge is 2.07.